The number of carbonyl (C=O) groups is 1. The van der Waals surface area contributed by atoms with E-state index in [0.29, 0.717) is 13.0 Å². The van der Waals surface area contributed by atoms with E-state index in [1.165, 1.54) is 0 Å². The summed E-state index contributed by atoms with van der Waals surface area (Å²) in [6.07, 6.45) is 7.44. The highest BCUT2D eigenvalue weighted by molar-refractivity contribution is 5.73. The van der Waals surface area contributed by atoms with Gasteiger partial charge in [-0.2, -0.15) is 0 Å². The van der Waals surface area contributed by atoms with Crippen LogP contribution in [0.1, 0.15) is 19.3 Å². The fraction of sp³-hybridized carbons (Fsp3) is 0.625. The first-order valence-electron chi connectivity index (χ1n) is 3.44. The summed E-state index contributed by atoms with van der Waals surface area (Å²) in [6.45, 7) is 0.569. The van der Waals surface area contributed by atoms with Gasteiger partial charge in [0.1, 0.15) is 0 Å². The fourth-order valence-corrected chi connectivity index (χ4v) is 1.07. The van der Waals surface area contributed by atoms with Crippen LogP contribution < -0.4 is 0 Å². The molecule has 0 spiro atoms. The number of carbonyl (C=O) groups excluding carboxylic acids is 1. The van der Waals surface area contributed by atoms with E-state index in [0.717, 1.165) is 12.8 Å². The molecule has 1 aliphatic heterocycles. The van der Waals surface area contributed by atoms with Gasteiger partial charge < -0.3 is 4.74 Å². The molecule has 1 saturated heterocycles. The summed E-state index contributed by atoms with van der Waals surface area (Å²) in [5.41, 5.74) is 0. The van der Waals surface area contributed by atoms with Crippen LogP contribution in [0, 0.1) is 18.3 Å². The molecule has 1 aliphatic rings. The Kier molecular flexibility index (Phi) is 2.33. The van der Waals surface area contributed by atoms with Gasteiger partial charge in [-0.3, -0.25) is 4.79 Å². The number of terminal acetylenes is 1. The molecule has 0 N–H and O–H groups in total. The highest BCUT2D eigenvalue weighted by atomic mass is 16.5. The monoisotopic (exact) mass is 138 g/mol. The summed E-state index contributed by atoms with van der Waals surface area (Å²) in [7, 11) is 0. The lowest BCUT2D eigenvalue weighted by atomic mass is 9.98. The van der Waals surface area contributed by atoms with Crippen molar-refractivity contribution < 1.29 is 9.53 Å². The van der Waals surface area contributed by atoms with Crippen LogP contribution in [0.2, 0.25) is 0 Å². The van der Waals surface area contributed by atoms with Crippen molar-refractivity contribution in [3.8, 4) is 12.3 Å². The van der Waals surface area contributed by atoms with E-state index in [-0.39, 0.29) is 11.9 Å². The van der Waals surface area contributed by atoms with E-state index in [2.05, 4.69) is 5.92 Å². The largest absolute Gasteiger partial charge is 0.465 e. The molecule has 1 fully saturated rings. The van der Waals surface area contributed by atoms with Gasteiger partial charge in [-0.15, -0.1) is 12.3 Å². The first kappa shape index (κ1) is 7.14. The smallest absolute Gasteiger partial charge is 0.309 e. The Morgan fingerprint density at radius 3 is 3.20 bits per heavy atom. The van der Waals surface area contributed by atoms with Gasteiger partial charge in [0.15, 0.2) is 0 Å². The standard InChI is InChI=1S/C8H10O2/c1-2-4-7-5-3-6-10-8(7)9/h1,7H,3-6H2. The van der Waals surface area contributed by atoms with E-state index >= 15 is 0 Å². The molecule has 1 unspecified atom stereocenters. The molecule has 0 amide bonds. The first-order chi connectivity index (χ1) is 4.84. The van der Waals surface area contributed by atoms with Crippen molar-refractivity contribution in [1.29, 1.82) is 0 Å². The zero-order chi connectivity index (χ0) is 7.40. The summed E-state index contributed by atoms with van der Waals surface area (Å²) < 4.78 is 4.81. The third-order valence-corrected chi connectivity index (χ3v) is 1.64. The van der Waals surface area contributed by atoms with Crippen LogP contribution in [0.5, 0.6) is 0 Å². The van der Waals surface area contributed by atoms with Crippen LogP contribution in [-0.2, 0) is 9.53 Å². The molecule has 1 rings (SSSR count). The minimum Gasteiger partial charge on any atom is -0.465 e. The topological polar surface area (TPSA) is 26.3 Å². The lowest BCUT2D eigenvalue weighted by Gasteiger charge is -2.18. The molecule has 0 aromatic rings. The quantitative estimate of drug-likeness (QED) is 0.398. The van der Waals surface area contributed by atoms with Crippen LogP contribution in [0.15, 0.2) is 0 Å². The van der Waals surface area contributed by atoms with Gasteiger partial charge in [-0.05, 0) is 12.8 Å². The second kappa shape index (κ2) is 3.26. The van der Waals surface area contributed by atoms with Crippen molar-refractivity contribution in [2.24, 2.45) is 5.92 Å². The second-order valence-electron chi connectivity index (χ2n) is 2.41. The molecule has 2 nitrogen and oxygen atoms in total. The Balaban J connectivity index is 2.42. The van der Waals surface area contributed by atoms with Gasteiger partial charge in [-0.25, -0.2) is 0 Å². The normalized spacial score (nSPS) is 25.1. The molecular formula is C8H10O2. The van der Waals surface area contributed by atoms with Crippen LogP contribution in [0.25, 0.3) is 0 Å². The van der Waals surface area contributed by atoms with E-state index in [4.69, 9.17) is 11.2 Å². The molecule has 0 aliphatic carbocycles. The summed E-state index contributed by atoms with van der Waals surface area (Å²) in [5.74, 6) is 2.32. The molecule has 1 atom stereocenters. The zero-order valence-electron chi connectivity index (χ0n) is 5.80. The van der Waals surface area contributed by atoms with Crippen molar-refractivity contribution >= 4 is 5.97 Å². The molecule has 0 bridgehead atoms. The van der Waals surface area contributed by atoms with E-state index in [1.807, 2.05) is 0 Å². The maximum absolute atomic E-state index is 10.9. The van der Waals surface area contributed by atoms with Crippen LogP contribution in [-0.4, -0.2) is 12.6 Å². The number of ether oxygens (including phenoxy) is 1. The lowest BCUT2D eigenvalue weighted by Crippen LogP contribution is -2.23. The number of esters is 1. The molecule has 0 aromatic carbocycles. The maximum atomic E-state index is 10.9. The molecule has 1 heterocycles. The fourth-order valence-electron chi connectivity index (χ4n) is 1.07. The van der Waals surface area contributed by atoms with Gasteiger partial charge in [0.2, 0.25) is 0 Å². The number of cyclic esters (lactones) is 1. The molecule has 0 radical (unpaired) electrons. The Morgan fingerprint density at radius 1 is 1.80 bits per heavy atom. The second-order valence-corrected chi connectivity index (χ2v) is 2.41. The number of hydrogen-bond donors (Lipinski definition) is 0. The van der Waals surface area contributed by atoms with Crippen LogP contribution in [0.4, 0.5) is 0 Å². The van der Waals surface area contributed by atoms with E-state index in [1.54, 1.807) is 0 Å². The minimum absolute atomic E-state index is 0.0289. The summed E-state index contributed by atoms with van der Waals surface area (Å²) in [4.78, 5) is 10.9. The Morgan fingerprint density at radius 2 is 2.60 bits per heavy atom. The number of hydrogen-bond acceptors (Lipinski definition) is 2. The average Bonchev–Trinajstić information content (AvgIpc) is 1.94. The predicted octanol–water partition coefficient (Wildman–Crippen LogP) is 0.963. The first-order valence-corrected chi connectivity index (χ1v) is 3.44. The van der Waals surface area contributed by atoms with E-state index in [9.17, 15) is 4.79 Å². The van der Waals surface area contributed by atoms with Crippen molar-refractivity contribution in [3.63, 3.8) is 0 Å². The van der Waals surface area contributed by atoms with Gasteiger partial charge in [0, 0.05) is 6.42 Å². The molecule has 54 valence electrons. The molecule has 0 aromatic heterocycles. The zero-order valence-corrected chi connectivity index (χ0v) is 5.80. The lowest BCUT2D eigenvalue weighted by molar-refractivity contribution is -0.152. The van der Waals surface area contributed by atoms with Crippen molar-refractivity contribution in [2.45, 2.75) is 19.3 Å². The van der Waals surface area contributed by atoms with Crippen LogP contribution in [0.3, 0.4) is 0 Å². The predicted molar refractivity (Wildman–Crippen MR) is 37.1 cm³/mol. The van der Waals surface area contributed by atoms with Gasteiger partial charge in [0.05, 0.1) is 12.5 Å². The van der Waals surface area contributed by atoms with Crippen molar-refractivity contribution in [3.05, 3.63) is 0 Å². The Hall–Kier alpha value is -0.970. The summed E-state index contributed by atoms with van der Waals surface area (Å²) >= 11 is 0. The maximum Gasteiger partial charge on any atom is 0.309 e. The van der Waals surface area contributed by atoms with Crippen molar-refractivity contribution in [1.82, 2.24) is 0 Å². The highest BCUT2D eigenvalue weighted by Crippen LogP contribution is 2.17. The number of rotatable bonds is 1. The third-order valence-electron chi connectivity index (χ3n) is 1.64. The Labute approximate surface area is 60.6 Å². The average molecular weight is 138 g/mol. The highest BCUT2D eigenvalue weighted by Gasteiger charge is 2.22. The molecular weight excluding hydrogens is 128 g/mol. The SMILES string of the molecule is C#CCC1CCCOC1=O. The van der Waals surface area contributed by atoms with Crippen LogP contribution >= 0.6 is 0 Å². The summed E-state index contributed by atoms with van der Waals surface area (Å²) in [6, 6.07) is 0. The summed E-state index contributed by atoms with van der Waals surface area (Å²) in [5, 5.41) is 0. The van der Waals surface area contributed by atoms with Crippen molar-refractivity contribution in [2.75, 3.05) is 6.61 Å². The van der Waals surface area contributed by atoms with E-state index < -0.39 is 0 Å². The third kappa shape index (κ3) is 1.51. The molecule has 2 heteroatoms. The molecule has 0 saturated carbocycles. The van der Waals surface area contributed by atoms with Gasteiger partial charge in [0.25, 0.3) is 0 Å². The Bertz CT molecular complexity index is 167. The van der Waals surface area contributed by atoms with Gasteiger partial charge >= 0.3 is 5.97 Å². The molecule has 10 heavy (non-hydrogen) atoms. The minimum atomic E-state index is -0.121. The van der Waals surface area contributed by atoms with Gasteiger partial charge in [-0.1, -0.05) is 0 Å².